The Morgan fingerprint density at radius 2 is 1.59 bits per heavy atom. The van der Waals surface area contributed by atoms with Crippen LogP contribution in [0, 0.1) is 0 Å². The van der Waals surface area contributed by atoms with Crippen LogP contribution in [-0.4, -0.2) is 30.7 Å². The molecular weight excluding hydrogens is 404 g/mol. The topological polar surface area (TPSA) is 75.7 Å². The molecule has 0 atom stereocenters. The fourth-order valence-electron chi connectivity index (χ4n) is 3.75. The van der Waals surface area contributed by atoms with Gasteiger partial charge in [0.1, 0.15) is 12.3 Å². The molecule has 0 bridgehead atoms. The van der Waals surface area contributed by atoms with Gasteiger partial charge < -0.3 is 10.1 Å². The van der Waals surface area contributed by atoms with E-state index >= 15 is 0 Å². The molecule has 3 aromatic rings. The van der Waals surface area contributed by atoms with Crippen LogP contribution in [0.2, 0.25) is 0 Å². The lowest BCUT2D eigenvalue weighted by Crippen LogP contribution is -2.46. The highest BCUT2D eigenvalue weighted by Gasteiger charge is 2.29. The summed E-state index contributed by atoms with van der Waals surface area (Å²) in [6.07, 6.45) is 0.351. The van der Waals surface area contributed by atoms with Crippen molar-refractivity contribution in [2.45, 2.75) is 19.4 Å². The second-order valence-corrected chi connectivity index (χ2v) is 7.55. The molecule has 0 unspecified atom stereocenters. The van der Waals surface area contributed by atoms with Gasteiger partial charge in [-0.2, -0.15) is 0 Å². The minimum Gasteiger partial charge on any atom is -0.482 e. The monoisotopic (exact) mass is 428 g/mol. The van der Waals surface area contributed by atoms with Gasteiger partial charge in [0.2, 0.25) is 5.91 Å². The average molecular weight is 428 g/mol. The van der Waals surface area contributed by atoms with Crippen LogP contribution in [0.5, 0.6) is 5.75 Å². The number of carbonyl (C=O) groups is 3. The number of nitrogens with one attached hydrogen (secondary N) is 1. The average Bonchev–Trinajstić information content (AvgIpc) is 2.84. The van der Waals surface area contributed by atoms with Gasteiger partial charge >= 0.3 is 0 Å². The zero-order valence-corrected chi connectivity index (χ0v) is 17.8. The maximum atomic E-state index is 13.1. The van der Waals surface area contributed by atoms with Crippen LogP contribution in [0.1, 0.15) is 40.9 Å². The minimum atomic E-state index is -0.353. The molecule has 1 aliphatic heterocycles. The second kappa shape index (κ2) is 9.47. The largest absolute Gasteiger partial charge is 0.482 e. The summed E-state index contributed by atoms with van der Waals surface area (Å²) >= 11 is 0. The first-order valence-corrected chi connectivity index (χ1v) is 10.6. The fourth-order valence-corrected chi connectivity index (χ4v) is 3.75. The Hall–Kier alpha value is -3.93. The predicted octanol–water partition coefficient (Wildman–Crippen LogP) is 3.91. The normalized spacial score (nSPS) is 12.8. The molecule has 0 saturated carbocycles. The number of hydrogen-bond acceptors (Lipinski definition) is 4. The zero-order valence-electron chi connectivity index (χ0n) is 17.8. The smallest absolute Gasteiger partial charge is 0.265 e. The molecule has 1 heterocycles. The summed E-state index contributed by atoms with van der Waals surface area (Å²) < 4.78 is 5.50. The van der Waals surface area contributed by atoms with Crippen LogP contribution in [0.15, 0.2) is 78.9 Å². The molecule has 0 spiro atoms. The Balaban J connectivity index is 1.59. The lowest BCUT2D eigenvalue weighted by atomic mass is 9.98. The van der Waals surface area contributed by atoms with E-state index in [0.717, 1.165) is 11.1 Å². The molecule has 0 saturated heterocycles. The van der Waals surface area contributed by atoms with Crippen molar-refractivity contribution in [3.05, 3.63) is 95.6 Å². The standard InChI is InChI=1S/C26H24N2O4/c1-2-22(29)20-13-14-23-21(15-20)28(25(31)17-32-23)16-24(30)27-26(18-9-5-3-6-10-18)19-11-7-4-8-12-19/h3-15,26H,2,16-17H2,1H3,(H,27,30). The van der Waals surface area contributed by atoms with Crippen LogP contribution in [0.25, 0.3) is 0 Å². The molecule has 32 heavy (non-hydrogen) atoms. The number of amides is 2. The second-order valence-electron chi connectivity index (χ2n) is 7.55. The van der Waals surface area contributed by atoms with E-state index in [9.17, 15) is 14.4 Å². The van der Waals surface area contributed by atoms with Gasteiger partial charge in [-0.05, 0) is 29.3 Å². The highest BCUT2D eigenvalue weighted by Crippen LogP contribution is 2.33. The summed E-state index contributed by atoms with van der Waals surface area (Å²) in [4.78, 5) is 39.2. The minimum absolute atomic E-state index is 0.0385. The molecule has 0 aliphatic carbocycles. The summed E-state index contributed by atoms with van der Waals surface area (Å²) in [5, 5.41) is 3.06. The van der Waals surface area contributed by atoms with Gasteiger partial charge in [0.05, 0.1) is 11.7 Å². The van der Waals surface area contributed by atoms with E-state index in [1.165, 1.54) is 4.90 Å². The third-order valence-corrected chi connectivity index (χ3v) is 5.42. The van der Waals surface area contributed by atoms with Crippen LogP contribution in [0.3, 0.4) is 0 Å². The molecule has 6 heteroatoms. The quantitative estimate of drug-likeness (QED) is 0.579. The van der Waals surface area contributed by atoms with Gasteiger partial charge in [0.25, 0.3) is 5.91 Å². The molecule has 162 valence electrons. The Morgan fingerprint density at radius 3 is 2.19 bits per heavy atom. The number of fused-ring (bicyclic) bond motifs is 1. The molecule has 2 amide bonds. The SMILES string of the molecule is CCC(=O)c1ccc2c(c1)N(CC(=O)NC(c1ccccc1)c1ccccc1)C(=O)CO2. The predicted molar refractivity (Wildman–Crippen MR) is 122 cm³/mol. The van der Waals surface area contributed by atoms with Gasteiger partial charge in [0.15, 0.2) is 12.4 Å². The number of nitrogens with zero attached hydrogens (tertiary/aromatic N) is 1. The van der Waals surface area contributed by atoms with Crippen molar-refractivity contribution in [1.82, 2.24) is 5.32 Å². The van der Waals surface area contributed by atoms with Gasteiger partial charge in [-0.1, -0.05) is 67.6 Å². The Kier molecular flexibility index (Phi) is 6.31. The van der Waals surface area contributed by atoms with Crippen molar-refractivity contribution in [1.29, 1.82) is 0 Å². The zero-order chi connectivity index (χ0) is 22.5. The number of benzene rings is 3. The highest BCUT2D eigenvalue weighted by atomic mass is 16.5. The van der Waals surface area contributed by atoms with Crippen molar-refractivity contribution >= 4 is 23.3 Å². The summed E-state index contributed by atoms with van der Waals surface area (Å²) in [6.45, 7) is 1.46. The van der Waals surface area contributed by atoms with E-state index in [1.54, 1.807) is 25.1 Å². The third kappa shape index (κ3) is 4.54. The van der Waals surface area contributed by atoms with Crippen LogP contribution >= 0.6 is 0 Å². The van der Waals surface area contributed by atoms with Crippen molar-refractivity contribution in [3.63, 3.8) is 0 Å². The molecule has 0 radical (unpaired) electrons. The first kappa shape index (κ1) is 21.3. The van der Waals surface area contributed by atoms with E-state index in [1.807, 2.05) is 60.7 Å². The molecular formula is C26H24N2O4. The van der Waals surface area contributed by atoms with Gasteiger partial charge in [0, 0.05) is 12.0 Å². The Labute approximate surface area is 186 Å². The van der Waals surface area contributed by atoms with Crippen molar-refractivity contribution in [2.24, 2.45) is 0 Å². The van der Waals surface area contributed by atoms with Gasteiger partial charge in [-0.3, -0.25) is 19.3 Å². The maximum Gasteiger partial charge on any atom is 0.265 e. The number of hydrogen-bond donors (Lipinski definition) is 1. The number of Topliss-reactive ketones (excluding diaryl/α,β-unsaturated/α-hetero) is 1. The summed E-state index contributed by atoms with van der Waals surface area (Å²) in [5.74, 6) is -0.197. The van der Waals surface area contributed by atoms with Crippen molar-refractivity contribution in [3.8, 4) is 5.75 Å². The number of ketones is 1. The van der Waals surface area contributed by atoms with E-state index in [-0.39, 0.29) is 36.8 Å². The first-order valence-electron chi connectivity index (χ1n) is 10.6. The van der Waals surface area contributed by atoms with Gasteiger partial charge in [-0.25, -0.2) is 0 Å². The number of ether oxygens (including phenoxy) is 1. The third-order valence-electron chi connectivity index (χ3n) is 5.42. The Morgan fingerprint density at radius 1 is 0.969 bits per heavy atom. The maximum absolute atomic E-state index is 13.1. The van der Waals surface area contributed by atoms with E-state index in [4.69, 9.17) is 4.74 Å². The lowest BCUT2D eigenvalue weighted by Gasteiger charge is -2.30. The molecule has 3 aromatic carbocycles. The molecule has 1 N–H and O–H groups in total. The molecule has 4 rings (SSSR count). The molecule has 0 aromatic heterocycles. The van der Waals surface area contributed by atoms with E-state index in [0.29, 0.717) is 23.4 Å². The highest BCUT2D eigenvalue weighted by molar-refractivity contribution is 6.04. The first-order chi connectivity index (χ1) is 15.6. The van der Waals surface area contributed by atoms with Gasteiger partial charge in [-0.15, -0.1) is 0 Å². The molecule has 6 nitrogen and oxygen atoms in total. The number of rotatable bonds is 7. The van der Waals surface area contributed by atoms with Crippen LogP contribution in [-0.2, 0) is 9.59 Å². The van der Waals surface area contributed by atoms with Crippen LogP contribution < -0.4 is 15.0 Å². The summed E-state index contributed by atoms with van der Waals surface area (Å²) in [7, 11) is 0. The summed E-state index contributed by atoms with van der Waals surface area (Å²) in [6, 6.07) is 24.0. The summed E-state index contributed by atoms with van der Waals surface area (Å²) in [5.41, 5.74) is 2.81. The molecule has 1 aliphatic rings. The van der Waals surface area contributed by atoms with E-state index in [2.05, 4.69) is 5.32 Å². The van der Waals surface area contributed by atoms with E-state index < -0.39 is 0 Å². The Bertz CT molecular complexity index is 1090. The van der Waals surface area contributed by atoms with Crippen LogP contribution in [0.4, 0.5) is 5.69 Å². The van der Waals surface area contributed by atoms with Crippen molar-refractivity contribution < 1.29 is 19.1 Å². The van der Waals surface area contributed by atoms with Crippen molar-refractivity contribution in [2.75, 3.05) is 18.1 Å². The number of carbonyl (C=O) groups excluding carboxylic acids is 3. The number of anilines is 1. The lowest BCUT2D eigenvalue weighted by molar-refractivity contribution is -0.125. The fraction of sp³-hybridized carbons (Fsp3) is 0.192. The molecule has 0 fully saturated rings.